The van der Waals surface area contributed by atoms with Gasteiger partial charge in [-0.3, -0.25) is 4.79 Å². The van der Waals surface area contributed by atoms with Crippen LogP contribution in [0.15, 0.2) is 35.5 Å². The van der Waals surface area contributed by atoms with Gasteiger partial charge in [0.1, 0.15) is 11.6 Å². The molecule has 1 heterocycles. The van der Waals surface area contributed by atoms with Gasteiger partial charge in [-0.2, -0.15) is 0 Å². The Balaban J connectivity index is 2.51. The number of carbonyl (C=O) groups is 1. The molecular weight excluding hydrogens is 394 g/mol. The molecule has 0 radical (unpaired) electrons. The molecular formula is C23H33N5O3. The number of nitrogens with one attached hydrogen (secondary N) is 1. The van der Waals surface area contributed by atoms with E-state index < -0.39 is 5.91 Å². The first kappa shape index (κ1) is 24.0. The number of hydrogen-bond acceptors (Lipinski definition) is 5. The van der Waals surface area contributed by atoms with Crippen LogP contribution >= 0.6 is 0 Å². The van der Waals surface area contributed by atoms with Crippen molar-refractivity contribution in [2.24, 2.45) is 16.5 Å². The highest BCUT2D eigenvalue weighted by atomic mass is 16.5. The van der Waals surface area contributed by atoms with Gasteiger partial charge in [0, 0.05) is 36.9 Å². The second-order valence-electron chi connectivity index (χ2n) is 7.03. The van der Waals surface area contributed by atoms with Gasteiger partial charge in [-0.15, -0.1) is 0 Å². The van der Waals surface area contributed by atoms with Gasteiger partial charge in [0.05, 0.1) is 25.6 Å². The van der Waals surface area contributed by atoms with Crippen LogP contribution in [0.4, 0.5) is 0 Å². The van der Waals surface area contributed by atoms with Crippen LogP contribution in [0.5, 0.6) is 5.75 Å². The van der Waals surface area contributed by atoms with Crippen molar-refractivity contribution in [1.29, 1.82) is 0 Å². The SMILES string of the molecule is C=c1ccn(Cc2ccc(C(N)=O)cc2OC)/c1=C(/N=C(/N)CCC)NCCOCC. The summed E-state index contributed by atoms with van der Waals surface area (Å²) in [4.78, 5) is 16.1. The molecule has 0 spiro atoms. The first-order chi connectivity index (χ1) is 14.9. The van der Waals surface area contributed by atoms with E-state index in [9.17, 15) is 4.79 Å². The largest absolute Gasteiger partial charge is 0.496 e. The van der Waals surface area contributed by atoms with Gasteiger partial charge in [-0.25, -0.2) is 4.99 Å². The normalized spacial score (nSPS) is 12.5. The van der Waals surface area contributed by atoms with Crippen LogP contribution in [0, 0.1) is 0 Å². The van der Waals surface area contributed by atoms with Crippen molar-refractivity contribution >= 4 is 24.1 Å². The molecule has 2 aromatic rings. The van der Waals surface area contributed by atoms with E-state index in [1.165, 1.54) is 0 Å². The lowest BCUT2D eigenvalue weighted by Gasteiger charge is -2.13. The molecule has 0 bridgehead atoms. The van der Waals surface area contributed by atoms with E-state index in [1.807, 2.05) is 29.8 Å². The topological polar surface area (TPSA) is 117 Å². The smallest absolute Gasteiger partial charge is 0.248 e. The zero-order chi connectivity index (χ0) is 22.8. The van der Waals surface area contributed by atoms with Crippen LogP contribution < -0.4 is 32.1 Å². The fourth-order valence-electron chi connectivity index (χ4n) is 3.17. The highest BCUT2D eigenvalue weighted by Gasteiger charge is 2.11. The molecule has 8 heteroatoms. The summed E-state index contributed by atoms with van der Waals surface area (Å²) >= 11 is 0. The summed E-state index contributed by atoms with van der Waals surface area (Å²) in [6, 6.07) is 7.10. The van der Waals surface area contributed by atoms with Crippen molar-refractivity contribution in [3.05, 3.63) is 52.2 Å². The van der Waals surface area contributed by atoms with Gasteiger partial charge in [0.15, 0.2) is 5.82 Å². The fourth-order valence-corrected chi connectivity index (χ4v) is 3.17. The molecule has 0 saturated carbocycles. The lowest BCUT2D eigenvalue weighted by atomic mass is 10.1. The Morgan fingerprint density at radius 2 is 2.03 bits per heavy atom. The molecule has 1 aromatic heterocycles. The van der Waals surface area contributed by atoms with Gasteiger partial charge in [-0.1, -0.05) is 19.6 Å². The second kappa shape index (κ2) is 11.8. The molecule has 8 nitrogen and oxygen atoms in total. The van der Waals surface area contributed by atoms with Crippen LogP contribution in [0.25, 0.3) is 12.4 Å². The number of primary amides is 1. The maximum absolute atomic E-state index is 11.5. The summed E-state index contributed by atoms with van der Waals surface area (Å²) in [6.45, 7) is 10.5. The molecule has 1 amide bonds. The van der Waals surface area contributed by atoms with Crippen LogP contribution in [0.2, 0.25) is 0 Å². The molecule has 168 valence electrons. The van der Waals surface area contributed by atoms with Crippen molar-refractivity contribution in [3.63, 3.8) is 0 Å². The molecule has 2 rings (SSSR count). The van der Waals surface area contributed by atoms with Crippen molar-refractivity contribution in [3.8, 4) is 5.75 Å². The highest BCUT2D eigenvalue weighted by molar-refractivity contribution is 5.93. The summed E-state index contributed by atoms with van der Waals surface area (Å²) in [5.74, 6) is 1.29. The first-order valence-electron chi connectivity index (χ1n) is 10.4. The third kappa shape index (κ3) is 6.62. The fraction of sp³-hybridized carbons (Fsp3) is 0.391. The molecule has 0 unspecified atom stereocenters. The molecule has 0 aliphatic rings. The van der Waals surface area contributed by atoms with Crippen molar-refractivity contribution in [1.82, 2.24) is 9.88 Å². The predicted molar refractivity (Wildman–Crippen MR) is 124 cm³/mol. The Kier molecular flexibility index (Phi) is 9.14. The van der Waals surface area contributed by atoms with E-state index in [2.05, 4.69) is 23.8 Å². The van der Waals surface area contributed by atoms with Crippen molar-refractivity contribution < 1.29 is 14.3 Å². The molecule has 0 atom stereocenters. The van der Waals surface area contributed by atoms with E-state index >= 15 is 0 Å². The summed E-state index contributed by atoms with van der Waals surface area (Å²) in [6.07, 6.45) is 3.55. The molecule has 1 aromatic carbocycles. The van der Waals surface area contributed by atoms with E-state index in [0.29, 0.717) is 55.7 Å². The Hall–Kier alpha value is -3.26. The van der Waals surface area contributed by atoms with Crippen LogP contribution in [0.3, 0.4) is 0 Å². The molecule has 0 aliphatic heterocycles. The number of rotatable bonds is 12. The number of aliphatic imine (C=N–C) groups is 1. The third-order valence-corrected chi connectivity index (χ3v) is 4.69. The number of benzene rings is 1. The molecule has 5 N–H and O–H groups in total. The van der Waals surface area contributed by atoms with Gasteiger partial charge in [-0.05, 0) is 36.8 Å². The number of nitrogens with two attached hydrogens (primary N) is 2. The zero-order valence-corrected chi connectivity index (χ0v) is 18.6. The first-order valence-corrected chi connectivity index (χ1v) is 10.4. The maximum atomic E-state index is 11.5. The van der Waals surface area contributed by atoms with Crippen molar-refractivity contribution in [2.75, 3.05) is 26.9 Å². The number of hydrogen-bond donors (Lipinski definition) is 3. The van der Waals surface area contributed by atoms with E-state index in [4.69, 9.17) is 20.9 Å². The summed E-state index contributed by atoms with van der Waals surface area (Å²) < 4.78 is 12.9. The van der Waals surface area contributed by atoms with Crippen molar-refractivity contribution in [2.45, 2.75) is 33.2 Å². The van der Waals surface area contributed by atoms with E-state index in [0.717, 1.165) is 22.6 Å². The zero-order valence-electron chi connectivity index (χ0n) is 18.6. The highest BCUT2D eigenvalue weighted by Crippen LogP contribution is 2.20. The number of amidine groups is 1. The van der Waals surface area contributed by atoms with Crippen LogP contribution in [-0.2, 0) is 11.3 Å². The Morgan fingerprint density at radius 3 is 2.68 bits per heavy atom. The number of carbonyl (C=O) groups excluding carboxylic acids is 1. The number of nitrogens with zero attached hydrogens (tertiary/aromatic N) is 2. The monoisotopic (exact) mass is 427 g/mol. The van der Waals surface area contributed by atoms with E-state index in [1.54, 1.807) is 19.2 Å². The average molecular weight is 428 g/mol. The summed E-state index contributed by atoms with van der Waals surface area (Å²) in [5, 5.41) is 4.99. The summed E-state index contributed by atoms with van der Waals surface area (Å²) in [7, 11) is 1.57. The van der Waals surface area contributed by atoms with Gasteiger partial charge < -0.3 is 30.8 Å². The van der Waals surface area contributed by atoms with E-state index in [-0.39, 0.29) is 0 Å². The molecule has 0 saturated heterocycles. The minimum absolute atomic E-state index is 0.396. The average Bonchev–Trinajstić information content (AvgIpc) is 3.10. The minimum Gasteiger partial charge on any atom is -0.496 e. The molecule has 0 fully saturated rings. The van der Waals surface area contributed by atoms with Crippen LogP contribution in [-0.4, -0.2) is 43.2 Å². The van der Waals surface area contributed by atoms with Gasteiger partial charge in [0.25, 0.3) is 0 Å². The molecule has 31 heavy (non-hydrogen) atoms. The number of aromatic nitrogens is 1. The molecule has 0 aliphatic carbocycles. The predicted octanol–water partition coefficient (Wildman–Crippen LogP) is 0.903. The number of methoxy groups -OCH3 is 1. The second-order valence-corrected chi connectivity index (χ2v) is 7.03. The Morgan fingerprint density at radius 1 is 1.26 bits per heavy atom. The third-order valence-electron chi connectivity index (χ3n) is 4.69. The Labute approximate surface area is 183 Å². The Bertz CT molecular complexity index is 1030. The quantitative estimate of drug-likeness (QED) is 0.264. The maximum Gasteiger partial charge on any atom is 0.248 e. The standard InChI is InChI=1S/C23H33N5O3/c1-5-7-20(24)27-23(26-11-13-31-6-2)21-16(3)10-12-28(21)15-18-9-8-17(22(25)29)14-19(18)30-4/h8-10,12,14,26H,3,5-7,11,13,15H2,1-2,4H3,(H2,24,27)(H2,25,29)/b23-21+. The lowest BCUT2D eigenvalue weighted by Crippen LogP contribution is -2.36. The minimum atomic E-state index is -0.499. The number of amides is 1. The summed E-state index contributed by atoms with van der Waals surface area (Å²) in [5.41, 5.74) is 12.8. The lowest BCUT2D eigenvalue weighted by molar-refractivity contribution is 0.1000. The van der Waals surface area contributed by atoms with Crippen LogP contribution in [0.1, 0.15) is 42.6 Å². The van der Waals surface area contributed by atoms with Gasteiger partial charge >= 0.3 is 0 Å². The number of ether oxygens (including phenoxy) is 2. The van der Waals surface area contributed by atoms with Gasteiger partial charge in [0.2, 0.25) is 5.91 Å².